The molecular formula is C11H11F2NO2. The molecule has 3 nitrogen and oxygen atoms in total. The van der Waals surface area contributed by atoms with Crippen LogP contribution in [0.15, 0.2) is 18.2 Å². The quantitative estimate of drug-likeness (QED) is 0.833. The van der Waals surface area contributed by atoms with Crippen LogP contribution in [0.2, 0.25) is 0 Å². The van der Waals surface area contributed by atoms with Crippen molar-refractivity contribution in [2.45, 2.75) is 0 Å². The zero-order valence-corrected chi connectivity index (χ0v) is 8.49. The molecule has 5 heteroatoms. The van der Waals surface area contributed by atoms with Crippen LogP contribution in [0.25, 0.3) is 0 Å². The van der Waals surface area contributed by atoms with Gasteiger partial charge in [0.05, 0.1) is 6.67 Å². The molecule has 1 saturated heterocycles. The molecule has 1 heterocycles. The van der Waals surface area contributed by atoms with Gasteiger partial charge in [0.2, 0.25) is 0 Å². The minimum absolute atomic E-state index is 0.155. The second kappa shape index (κ2) is 4.08. The number of halogens is 2. The summed E-state index contributed by atoms with van der Waals surface area (Å²) in [4.78, 5) is 13.1. The van der Waals surface area contributed by atoms with Crippen LogP contribution in [0.4, 0.5) is 8.78 Å². The van der Waals surface area contributed by atoms with Gasteiger partial charge < -0.3 is 10.0 Å². The summed E-state index contributed by atoms with van der Waals surface area (Å²) in [5, 5.41) is 9.39. The molecular weight excluding hydrogens is 216 g/mol. The average molecular weight is 227 g/mol. The lowest BCUT2D eigenvalue weighted by atomic mass is 10.00. The second-order valence-electron chi connectivity index (χ2n) is 3.86. The Kier molecular flexibility index (Phi) is 2.77. The van der Waals surface area contributed by atoms with E-state index in [-0.39, 0.29) is 30.3 Å². The topological polar surface area (TPSA) is 40.5 Å². The Balaban J connectivity index is 2.16. The Morgan fingerprint density at radius 1 is 1.50 bits per heavy atom. The van der Waals surface area contributed by atoms with Crippen LogP contribution < -0.4 is 0 Å². The summed E-state index contributed by atoms with van der Waals surface area (Å²) in [5.41, 5.74) is -0.334. The molecule has 1 aromatic carbocycles. The van der Waals surface area contributed by atoms with Crippen molar-refractivity contribution in [1.82, 2.24) is 4.90 Å². The van der Waals surface area contributed by atoms with E-state index in [4.69, 9.17) is 0 Å². The van der Waals surface area contributed by atoms with Crippen molar-refractivity contribution < 1.29 is 18.7 Å². The third-order valence-electron chi connectivity index (χ3n) is 2.67. The maximum atomic E-state index is 13.3. The Labute approximate surface area is 91.3 Å². The molecule has 16 heavy (non-hydrogen) atoms. The summed E-state index contributed by atoms with van der Waals surface area (Å²) in [6.07, 6.45) is 0. The van der Waals surface area contributed by atoms with Gasteiger partial charge in [0.15, 0.2) is 0 Å². The maximum Gasteiger partial charge on any atom is 0.260 e. The number of rotatable bonds is 2. The molecule has 1 fully saturated rings. The van der Waals surface area contributed by atoms with Crippen LogP contribution in [-0.4, -0.2) is 35.7 Å². The van der Waals surface area contributed by atoms with E-state index in [1.807, 2.05) is 0 Å². The zero-order valence-electron chi connectivity index (χ0n) is 8.49. The molecule has 0 unspecified atom stereocenters. The largest absolute Gasteiger partial charge is 0.507 e. The van der Waals surface area contributed by atoms with Crippen molar-refractivity contribution >= 4 is 5.91 Å². The molecule has 1 aromatic rings. The number of benzene rings is 1. The number of likely N-dealkylation sites (tertiary alicyclic amines) is 1. The van der Waals surface area contributed by atoms with Crippen LogP contribution in [0, 0.1) is 11.7 Å². The molecule has 1 N–H and O–H groups in total. The number of carbonyl (C=O) groups is 1. The van der Waals surface area contributed by atoms with Gasteiger partial charge in [0.25, 0.3) is 5.91 Å². The third kappa shape index (κ3) is 1.73. The Bertz CT molecular complexity index is 396. The first kappa shape index (κ1) is 10.9. The molecule has 0 spiro atoms. The average Bonchev–Trinajstić information content (AvgIpc) is 2.15. The van der Waals surface area contributed by atoms with Crippen molar-refractivity contribution in [2.75, 3.05) is 19.8 Å². The first-order valence-corrected chi connectivity index (χ1v) is 4.96. The standard InChI is InChI=1S/C11H11F2NO2/c12-4-7-5-14(6-7)11(16)10-8(13)2-1-3-9(10)15/h1-3,7,15H,4-6H2. The summed E-state index contributed by atoms with van der Waals surface area (Å²) < 4.78 is 25.5. The number of phenolic OH excluding ortho intramolecular Hbond substituents is 1. The van der Waals surface area contributed by atoms with E-state index in [9.17, 15) is 18.7 Å². The van der Waals surface area contributed by atoms with Gasteiger partial charge >= 0.3 is 0 Å². The third-order valence-corrected chi connectivity index (χ3v) is 2.67. The van der Waals surface area contributed by atoms with Crippen LogP contribution in [0.5, 0.6) is 5.75 Å². The molecule has 0 aliphatic carbocycles. The Hall–Kier alpha value is -1.65. The highest BCUT2D eigenvalue weighted by molar-refractivity contribution is 5.97. The SMILES string of the molecule is O=C(c1c(O)cccc1F)N1CC(CF)C1. The van der Waals surface area contributed by atoms with Crippen molar-refractivity contribution in [1.29, 1.82) is 0 Å². The smallest absolute Gasteiger partial charge is 0.260 e. The van der Waals surface area contributed by atoms with E-state index in [0.29, 0.717) is 0 Å². The van der Waals surface area contributed by atoms with Crippen LogP contribution >= 0.6 is 0 Å². The minimum atomic E-state index is -0.756. The molecule has 86 valence electrons. The maximum absolute atomic E-state index is 13.3. The number of hydrogen-bond acceptors (Lipinski definition) is 2. The van der Waals surface area contributed by atoms with Gasteiger partial charge in [-0.3, -0.25) is 9.18 Å². The predicted octanol–water partition coefficient (Wildman–Crippen LogP) is 1.57. The molecule has 0 radical (unpaired) electrons. The van der Waals surface area contributed by atoms with E-state index in [1.54, 1.807) is 0 Å². The summed E-state index contributed by atoms with van der Waals surface area (Å²) >= 11 is 0. The molecule has 0 atom stereocenters. The first-order chi connectivity index (χ1) is 7.63. The van der Waals surface area contributed by atoms with Crippen molar-refractivity contribution in [3.63, 3.8) is 0 Å². The summed E-state index contributed by atoms with van der Waals surface area (Å²) in [5.74, 6) is -1.87. The fourth-order valence-electron chi connectivity index (χ4n) is 1.72. The molecule has 0 aromatic heterocycles. The number of amides is 1. The molecule has 1 aliphatic rings. The van der Waals surface area contributed by atoms with E-state index in [2.05, 4.69) is 0 Å². The fourth-order valence-corrected chi connectivity index (χ4v) is 1.72. The van der Waals surface area contributed by atoms with E-state index in [1.165, 1.54) is 17.0 Å². The Morgan fingerprint density at radius 3 is 2.75 bits per heavy atom. The summed E-state index contributed by atoms with van der Waals surface area (Å²) in [7, 11) is 0. The second-order valence-corrected chi connectivity index (χ2v) is 3.86. The van der Waals surface area contributed by atoms with Crippen molar-refractivity contribution in [3.8, 4) is 5.75 Å². The Morgan fingerprint density at radius 2 is 2.19 bits per heavy atom. The molecule has 1 amide bonds. The fraction of sp³-hybridized carbons (Fsp3) is 0.364. The number of aromatic hydroxyl groups is 1. The summed E-state index contributed by atoms with van der Waals surface area (Å²) in [6, 6.07) is 3.68. The molecule has 2 rings (SSSR count). The van der Waals surface area contributed by atoms with E-state index in [0.717, 1.165) is 6.07 Å². The lowest BCUT2D eigenvalue weighted by Crippen LogP contribution is -2.51. The first-order valence-electron chi connectivity index (χ1n) is 4.96. The van der Waals surface area contributed by atoms with Crippen LogP contribution in [-0.2, 0) is 0 Å². The van der Waals surface area contributed by atoms with Gasteiger partial charge in [-0.15, -0.1) is 0 Å². The molecule has 0 saturated carbocycles. The van der Waals surface area contributed by atoms with Gasteiger partial charge in [-0.1, -0.05) is 6.07 Å². The highest BCUT2D eigenvalue weighted by Gasteiger charge is 2.33. The minimum Gasteiger partial charge on any atom is -0.507 e. The molecule has 0 bridgehead atoms. The van der Waals surface area contributed by atoms with E-state index >= 15 is 0 Å². The van der Waals surface area contributed by atoms with Gasteiger partial charge in [-0.2, -0.15) is 0 Å². The lowest BCUT2D eigenvalue weighted by Gasteiger charge is -2.37. The van der Waals surface area contributed by atoms with Gasteiger partial charge in [-0.05, 0) is 12.1 Å². The van der Waals surface area contributed by atoms with E-state index < -0.39 is 18.4 Å². The normalized spacial score (nSPS) is 16.0. The van der Waals surface area contributed by atoms with Crippen LogP contribution in [0.3, 0.4) is 0 Å². The number of phenols is 1. The number of hydrogen-bond donors (Lipinski definition) is 1. The summed E-state index contributed by atoms with van der Waals surface area (Å²) in [6.45, 7) is 0.0826. The predicted molar refractivity (Wildman–Crippen MR) is 53.4 cm³/mol. The zero-order chi connectivity index (χ0) is 11.7. The lowest BCUT2D eigenvalue weighted by molar-refractivity contribution is 0.0445. The monoisotopic (exact) mass is 227 g/mol. The molecule has 1 aliphatic heterocycles. The van der Waals surface area contributed by atoms with Gasteiger partial charge in [0.1, 0.15) is 17.1 Å². The van der Waals surface area contributed by atoms with Crippen molar-refractivity contribution in [3.05, 3.63) is 29.6 Å². The van der Waals surface area contributed by atoms with Crippen molar-refractivity contribution in [2.24, 2.45) is 5.92 Å². The number of carbonyl (C=O) groups excluding carboxylic acids is 1. The van der Waals surface area contributed by atoms with Gasteiger partial charge in [0, 0.05) is 19.0 Å². The number of alkyl halides is 1. The highest BCUT2D eigenvalue weighted by Crippen LogP contribution is 2.25. The van der Waals surface area contributed by atoms with Crippen LogP contribution in [0.1, 0.15) is 10.4 Å². The number of nitrogens with zero attached hydrogens (tertiary/aromatic N) is 1. The highest BCUT2D eigenvalue weighted by atomic mass is 19.1. The van der Waals surface area contributed by atoms with Gasteiger partial charge in [-0.25, -0.2) is 4.39 Å².